The summed E-state index contributed by atoms with van der Waals surface area (Å²) in [7, 11) is -3.74. The molecule has 0 atom stereocenters. The lowest BCUT2D eigenvalue weighted by molar-refractivity contribution is 0.340. The van der Waals surface area contributed by atoms with Gasteiger partial charge in [-0.05, 0) is 31.2 Å². The van der Waals surface area contributed by atoms with E-state index in [4.69, 9.17) is 10.5 Å². The van der Waals surface area contributed by atoms with Crippen molar-refractivity contribution in [1.82, 2.24) is 4.98 Å². The van der Waals surface area contributed by atoms with Crippen molar-refractivity contribution < 1.29 is 13.2 Å². The molecule has 1 aromatic carbocycles. The summed E-state index contributed by atoms with van der Waals surface area (Å²) < 4.78 is 32.7. The number of rotatable bonds is 6. The van der Waals surface area contributed by atoms with Gasteiger partial charge in [0, 0.05) is 18.8 Å². The Morgan fingerprint density at radius 2 is 2.10 bits per heavy atom. The molecule has 7 heteroatoms. The van der Waals surface area contributed by atoms with Crippen LogP contribution in [0.3, 0.4) is 0 Å². The van der Waals surface area contributed by atoms with Crippen molar-refractivity contribution in [2.45, 2.75) is 18.4 Å². The van der Waals surface area contributed by atoms with Gasteiger partial charge in [0.15, 0.2) is 0 Å². The number of nitrogens with two attached hydrogens (primary N) is 1. The molecule has 21 heavy (non-hydrogen) atoms. The third-order valence-corrected chi connectivity index (χ3v) is 4.18. The fourth-order valence-electron chi connectivity index (χ4n) is 1.85. The van der Waals surface area contributed by atoms with E-state index in [2.05, 4.69) is 9.71 Å². The van der Waals surface area contributed by atoms with Gasteiger partial charge in [-0.15, -0.1) is 0 Å². The molecule has 0 aliphatic rings. The van der Waals surface area contributed by atoms with E-state index in [9.17, 15) is 8.42 Å². The lowest BCUT2D eigenvalue weighted by atomic mass is 10.3. The number of benzene rings is 1. The molecule has 0 radical (unpaired) electrons. The Balaban J connectivity index is 2.31. The Morgan fingerprint density at radius 3 is 2.81 bits per heavy atom. The minimum Gasteiger partial charge on any atom is -0.494 e. The molecule has 0 aliphatic carbocycles. The van der Waals surface area contributed by atoms with E-state index in [0.717, 1.165) is 0 Å². The Kier molecular flexibility index (Phi) is 4.77. The molecule has 0 unspecified atom stereocenters. The van der Waals surface area contributed by atoms with E-state index in [1.807, 2.05) is 6.92 Å². The molecular weight excluding hydrogens is 290 g/mol. The molecule has 1 heterocycles. The Labute approximate surface area is 124 Å². The van der Waals surface area contributed by atoms with Crippen LogP contribution in [0.2, 0.25) is 0 Å². The summed E-state index contributed by atoms with van der Waals surface area (Å²) in [6, 6.07) is 9.79. The normalized spacial score (nSPS) is 11.1. The smallest absolute Gasteiger partial charge is 0.263 e. The van der Waals surface area contributed by atoms with Crippen LogP contribution >= 0.6 is 0 Å². The minimum absolute atomic E-state index is 0.0517. The number of sulfonamides is 1. The quantitative estimate of drug-likeness (QED) is 0.847. The zero-order valence-electron chi connectivity index (χ0n) is 11.6. The van der Waals surface area contributed by atoms with Gasteiger partial charge in [-0.3, -0.25) is 9.71 Å². The third kappa shape index (κ3) is 3.71. The van der Waals surface area contributed by atoms with E-state index in [1.54, 1.807) is 30.3 Å². The lowest BCUT2D eigenvalue weighted by Crippen LogP contribution is -2.17. The molecule has 112 valence electrons. The first kappa shape index (κ1) is 15.3. The molecular formula is C14H17N3O3S. The van der Waals surface area contributed by atoms with Crippen molar-refractivity contribution in [2.75, 3.05) is 11.3 Å². The van der Waals surface area contributed by atoms with Crippen molar-refractivity contribution in [2.24, 2.45) is 5.73 Å². The van der Waals surface area contributed by atoms with Gasteiger partial charge in [-0.1, -0.05) is 6.07 Å². The van der Waals surface area contributed by atoms with E-state index in [0.29, 0.717) is 23.7 Å². The van der Waals surface area contributed by atoms with E-state index >= 15 is 0 Å². The number of aromatic nitrogens is 1. The molecule has 0 saturated heterocycles. The molecule has 1 aromatic heterocycles. The van der Waals surface area contributed by atoms with Crippen LogP contribution < -0.4 is 15.2 Å². The molecule has 2 aromatic rings. The molecule has 0 fully saturated rings. The standard InChI is InChI=1S/C14H17N3O3S/c1-2-20-12-6-3-5-11(9-12)17-21(18,19)14-7-4-8-16-13(14)10-15/h3-9,17H,2,10,15H2,1H3. The molecule has 0 aliphatic heterocycles. The summed E-state index contributed by atoms with van der Waals surface area (Å²) in [5.74, 6) is 0.600. The van der Waals surface area contributed by atoms with Crippen LogP contribution in [-0.2, 0) is 16.6 Å². The van der Waals surface area contributed by atoms with Crippen molar-refractivity contribution >= 4 is 15.7 Å². The summed E-state index contributed by atoms with van der Waals surface area (Å²) in [5, 5.41) is 0. The average molecular weight is 307 g/mol. The first-order chi connectivity index (χ1) is 10.1. The molecule has 0 saturated carbocycles. The summed E-state index contributed by atoms with van der Waals surface area (Å²) in [4.78, 5) is 4.06. The second kappa shape index (κ2) is 6.55. The van der Waals surface area contributed by atoms with Crippen LogP contribution in [-0.4, -0.2) is 20.0 Å². The van der Waals surface area contributed by atoms with Crippen molar-refractivity contribution in [3.63, 3.8) is 0 Å². The molecule has 3 N–H and O–H groups in total. The second-order valence-electron chi connectivity index (χ2n) is 4.22. The maximum absolute atomic E-state index is 12.4. The fraction of sp³-hybridized carbons (Fsp3) is 0.214. The maximum Gasteiger partial charge on any atom is 0.263 e. The van der Waals surface area contributed by atoms with Crippen molar-refractivity contribution in [3.05, 3.63) is 48.3 Å². The van der Waals surface area contributed by atoms with Crippen LogP contribution in [0.4, 0.5) is 5.69 Å². The monoisotopic (exact) mass is 307 g/mol. The summed E-state index contributed by atoms with van der Waals surface area (Å²) in [6.45, 7) is 2.42. The Bertz CT molecular complexity index is 717. The topological polar surface area (TPSA) is 94.3 Å². The number of ether oxygens (including phenoxy) is 1. The van der Waals surface area contributed by atoms with Gasteiger partial charge in [0.05, 0.1) is 18.0 Å². The number of nitrogens with zero attached hydrogens (tertiary/aromatic N) is 1. The molecule has 2 rings (SSSR count). The van der Waals surface area contributed by atoms with Gasteiger partial charge in [-0.25, -0.2) is 8.42 Å². The largest absolute Gasteiger partial charge is 0.494 e. The molecule has 0 amide bonds. The van der Waals surface area contributed by atoms with Gasteiger partial charge < -0.3 is 10.5 Å². The van der Waals surface area contributed by atoms with Crippen LogP contribution in [0, 0.1) is 0 Å². The van der Waals surface area contributed by atoms with E-state index in [-0.39, 0.29) is 11.4 Å². The van der Waals surface area contributed by atoms with E-state index < -0.39 is 10.0 Å². The Hall–Kier alpha value is -2.12. The first-order valence-electron chi connectivity index (χ1n) is 6.46. The van der Waals surface area contributed by atoms with Crippen molar-refractivity contribution in [3.8, 4) is 5.75 Å². The van der Waals surface area contributed by atoms with Gasteiger partial charge in [0.25, 0.3) is 10.0 Å². The Morgan fingerprint density at radius 1 is 1.29 bits per heavy atom. The zero-order chi connectivity index (χ0) is 15.3. The first-order valence-corrected chi connectivity index (χ1v) is 7.94. The van der Waals surface area contributed by atoms with Crippen LogP contribution in [0.25, 0.3) is 0 Å². The SMILES string of the molecule is CCOc1cccc(NS(=O)(=O)c2cccnc2CN)c1. The predicted molar refractivity (Wildman–Crippen MR) is 80.5 cm³/mol. The minimum atomic E-state index is -3.74. The molecule has 0 bridgehead atoms. The third-order valence-electron chi connectivity index (χ3n) is 2.73. The number of nitrogens with one attached hydrogen (secondary N) is 1. The average Bonchev–Trinajstić information content (AvgIpc) is 2.47. The summed E-state index contributed by atoms with van der Waals surface area (Å²) in [6.07, 6.45) is 1.51. The molecule has 0 spiro atoms. The van der Waals surface area contributed by atoms with Crippen molar-refractivity contribution in [1.29, 1.82) is 0 Å². The highest BCUT2D eigenvalue weighted by Crippen LogP contribution is 2.21. The fourth-order valence-corrected chi connectivity index (χ4v) is 3.10. The van der Waals surface area contributed by atoms with Crippen LogP contribution in [0.15, 0.2) is 47.5 Å². The molecule has 6 nitrogen and oxygen atoms in total. The maximum atomic E-state index is 12.4. The number of anilines is 1. The van der Waals surface area contributed by atoms with E-state index in [1.165, 1.54) is 12.3 Å². The van der Waals surface area contributed by atoms with Gasteiger partial charge in [-0.2, -0.15) is 0 Å². The zero-order valence-corrected chi connectivity index (χ0v) is 12.4. The lowest BCUT2D eigenvalue weighted by Gasteiger charge is -2.11. The number of hydrogen-bond donors (Lipinski definition) is 2. The highest BCUT2D eigenvalue weighted by molar-refractivity contribution is 7.92. The number of pyridine rings is 1. The predicted octanol–water partition coefficient (Wildman–Crippen LogP) is 1.74. The summed E-state index contributed by atoms with van der Waals surface area (Å²) in [5.41, 5.74) is 6.28. The highest BCUT2D eigenvalue weighted by Gasteiger charge is 2.18. The van der Waals surface area contributed by atoms with Gasteiger partial charge in [0.1, 0.15) is 10.6 Å². The number of hydrogen-bond acceptors (Lipinski definition) is 5. The summed E-state index contributed by atoms with van der Waals surface area (Å²) >= 11 is 0. The van der Waals surface area contributed by atoms with Crippen LogP contribution in [0.1, 0.15) is 12.6 Å². The van der Waals surface area contributed by atoms with Gasteiger partial charge >= 0.3 is 0 Å². The second-order valence-corrected chi connectivity index (χ2v) is 5.87. The van der Waals surface area contributed by atoms with Crippen LogP contribution in [0.5, 0.6) is 5.75 Å². The highest BCUT2D eigenvalue weighted by atomic mass is 32.2. The van der Waals surface area contributed by atoms with Gasteiger partial charge in [0.2, 0.25) is 0 Å².